The highest BCUT2D eigenvalue weighted by Gasteiger charge is 2.43. The molecule has 25 heavy (non-hydrogen) atoms. The number of hydrogen-bond acceptors (Lipinski definition) is 3. The summed E-state index contributed by atoms with van der Waals surface area (Å²) in [5.41, 5.74) is 1.20. The van der Waals surface area contributed by atoms with Gasteiger partial charge in [0.05, 0.1) is 12.0 Å². The topological polar surface area (TPSA) is 69.7 Å². The SMILES string of the molecule is CCc1ccc(F)cc1C(=O)N1CC(N2CC(C(=O)NC)CC2=O)C1. The Morgan fingerprint density at radius 2 is 2.00 bits per heavy atom. The van der Waals surface area contributed by atoms with Crippen LogP contribution < -0.4 is 5.32 Å². The third-order valence-electron chi connectivity index (χ3n) is 5.05. The number of likely N-dealkylation sites (tertiary alicyclic amines) is 2. The third kappa shape index (κ3) is 3.23. The zero-order chi connectivity index (χ0) is 18.1. The Morgan fingerprint density at radius 1 is 1.28 bits per heavy atom. The fourth-order valence-corrected chi connectivity index (χ4v) is 3.51. The van der Waals surface area contributed by atoms with Gasteiger partial charge in [0, 0.05) is 38.7 Å². The van der Waals surface area contributed by atoms with E-state index in [0.29, 0.717) is 31.6 Å². The molecule has 1 atom stereocenters. The first kappa shape index (κ1) is 17.4. The number of halogens is 1. The molecular formula is C18H22FN3O3. The van der Waals surface area contributed by atoms with Gasteiger partial charge >= 0.3 is 0 Å². The molecule has 2 saturated heterocycles. The molecule has 2 aliphatic heterocycles. The van der Waals surface area contributed by atoms with Crippen molar-refractivity contribution in [2.24, 2.45) is 5.92 Å². The van der Waals surface area contributed by atoms with Crippen LogP contribution in [-0.4, -0.2) is 60.2 Å². The van der Waals surface area contributed by atoms with E-state index in [1.807, 2.05) is 6.92 Å². The van der Waals surface area contributed by atoms with Crippen LogP contribution in [0.2, 0.25) is 0 Å². The van der Waals surface area contributed by atoms with Crippen molar-refractivity contribution < 1.29 is 18.8 Å². The van der Waals surface area contributed by atoms with Gasteiger partial charge in [-0.15, -0.1) is 0 Å². The molecule has 1 unspecified atom stereocenters. The fourth-order valence-electron chi connectivity index (χ4n) is 3.51. The lowest BCUT2D eigenvalue weighted by Crippen LogP contribution is -2.61. The number of nitrogens with one attached hydrogen (secondary N) is 1. The first-order chi connectivity index (χ1) is 11.9. The number of rotatable bonds is 4. The maximum Gasteiger partial charge on any atom is 0.254 e. The van der Waals surface area contributed by atoms with Crippen molar-refractivity contribution in [1.82, 2.24) is 15.1 Å². The van der Waals surface area contributed by atoms with Gasteiger partial charge in [0.1, 0.15) is 5.82 Å². The van der Waals surface area contributed by atoms with Crippen molar-refractivity contribution in [3.8, 4) is 0 Å². The molecule has 7 heteroatoms. The molecule has 0 bridgehead atoms. The van der Waals surface area contributed by atoms with Crippen molar-refractivity contribution in [2.75, 3.05) is 26.7 Å². The minimum atomic E-state index is -0.430. The third-order valence-corrected chi connectivity index (χ3v) is 5.05. The Labute approximate surface area is 146 Å². The zero-order valence-electron chi connectivity index (χ0n) is 14.4. The van der Waals surface area contributed by atoms with E-state index in [1.165, 1.54) is 12.1 Å². The predicted molar refractivity (Wildman–Crippen MR) is 89.4 cm³/mol. The highest BCUT2D eigenvalue weighted by atomic mass is 19.1. The summed E-state index contributed by atoms with van der Waals surface area (Å²) in [5.74, 6) is -1.14. The summed E-state index contributed by atoms with van der Waals surface area (Å²) < 4.78 is 13.5. The molecule has 1 aromatic rings. The van der Waals surface area contributed by atoms with Gasteiger partial charge in [0.25, 0.3) is 5.91 Å². The molecule has 2 heterocycles. The minimum absolute atomic E-state index is 0.0503. The molecule has 3 rings (SSSR count). The summed E-state index contributed by atoms with van der Waals surface area (Å²) in [7, 11) is 1.56. The quantitative estimate of drug-likeness (QED) is 0.876. The van der Waals surface area contributed by atoms with E-state index in [-0.39, 0.29) is 36.1 Å². The molecule has 0 radical (unpaired) electrons. The molecule has 2 fully saturated rings. The van der Waals surface area contributed by atoms with E-state index >= 15 is 0 Å². The van der Waals surface area contributed by atoms with Crippen molar-refractivity contribution in [2.45, 2.75) is 25.8 Å². The molecule has 0 aromatic heterocycles. The van der Waals surface area contributed by atoms with Crippen LogP contribution in [0.3, 0.4) is 0 Å². The number of carbonyl (C=O) groups excluding carboxylic acids is 3. The first-order valence-electron chi connectivity index (χ1n) is 8.53. The maximum absolute atomic E-state index is 13.5. The standard InChI is InChI=1S/C18H22FN3O3/c1-3-11-4-5-13(19)7-15(11)18(25)21-9-14(10-21)22-8-12(6-16(22)23)17(24)20-2/h4-5,7,12,14H,3,6,8-10H2,1-2H3,(H,20,24). The molecule has 0 saturated carbocycles. The van der Waals surface area contributed by atoms with Gasteiger partial charge in [-0.25, -0.2) is 4.39 Å². The van der Waals surface area contributed by atoms with Crippen LogP contribution in [0.15, 0.2) is 18.2 Å². The lowest BCUT2D eigenvalue weighted by Gasteiger charge is -2.44. The first-order valence-corrected chi connectivity index (χ1v) is 8.53. The van der Waals surface area contributed by atoms with E-state index in [0.717, 1.165) is 5.56 Å². The van der Waals surface area contributed by atoms with Crippen LogP contribution in [0.25, 0.3) is 0 Å². The summed E-state index contributed by atoms with van der Waals surface area (Å²) in [5, 5.41) is 2.57. The summed E-state index contributed by atoms with van der Waals surface area (Å²) in [4.78, 5) is 39.8. The molecule has 6 nitrogen and oxygen atoms in total. The summed E-state index contributed by atoms with van der Waals surface area (Å²) in [6.45, 7) is 3.16. The Morgan fingerprint density at radius 3 is 2.64 bits per heavy atom. The smallest absolute Gasteiger partial charge is 0.254 e. The average molecular weight is 347 g/mol. The van der Waals surface area contributed by atoms with Gasteiger partial charge in [-0.2, -0.15) is 0 Å². The average Bonchev–Trinajstić information content (AvgIpc) is 2.94. The number of benzene rings is 1. The maximum atomic E-state index is 13.5. The second kappa shape index (κ2) is 6.82. The molecule has 3 amide bonds. The van der Waals surface area contributed by atoms with Gasteiger partial charge in [-0.3, -0.25) is 14.4 Å². The number of aryl methyl sites for hydroxylation is 1. The van der Waals surface area contributed by atoms with Gasteiger partial charge in [0.15, 0.2) is 0 Å². The van der Waals surface area contributed by atoms with Gasteiger partial charge in [-0.1, -0.05) is 13.0 Å². The highest BCUT2D eigenvalue weighted by molar-refractivity contribution is 5.96. The molecule has 134 valence electrons. The van der Waals surface area contributed by atoms with Gasteiger partial charge < -0.3 is 15.1 Å². The molecule has 1 N–H and O–H groups in total. The van der Waals surface area contributed by atoms with E-state index in [9.17, 15) is 18.8 Å². The second-order valence-corrected chi connectivity index (χ2v) is 6.58. The van der Waals surface area contributed by atoms with Crippen molar-refractivity contribution in [3.63, 3.8) is 0 Å². The van der Waals surface area contributed by atoms with E-state index < -0.39 is 5.82 Å². The predicted octanol–water partition coefficient (Wildman–Crippen LogP) is 0.807. The Hall–Kier alpha value is -2.44. The Kier molecular flexibility index (Phi) is 4.74. The van der Waals surface area contributed by atoms with Crippen LogP contribution in [-0.2, 0) is 16.0 Å². The summed E-state index contributed by atoms with van der Waals surface area (Å²) >= 11 is 0. The molecule has 0 aliphatic carbocycles. The lowest BCUT2D eigenvalue weighted by molar-refractivity contribution is -0.132. The van der Waals surface area contributed by atoms with Crippen molar-refractivity contribution >= 4 is 17.7 Å². The molecule has 0 spiro atoms. The highest BCUT2D eigenvalue weighted by Crippen LogP contribution is 2.27. The molecular weight excluding hydrogens is 325 g/mol. The zero-order valence-corrected chi connectivity index (χ0v) is 14.4. The fraction of sp³-hybridized carbons (Fsp3) is 0.500. The lowest BCUT2D eigenvalue weighted by atomic mass is 10.00. The molecule has 2 aliphatic rings. The molecule has 1 aromatic carbocycles. The van der Waals surface area contributed by atoms with Crippen LogP contribution in [0.1, 0.15) is 29.3 Å². The Balaban J connectivity index is 1.63. The van der Waals surface area contributed by atoms with Crippen molar-refractivity contribution in [1.29, 1.82) is 0 Å². The Bertz CT molecular complexity index is 716. The van der Waals surface area contributed by atoms with E-state index in [1.54, 1.807) is 22.9 Å². The summed E-state index contributed by atoms with van der Waals surface area (Å²) in [6.07, 6.45) is 0.866. The van der Waals surface area contributed by atoms with Gasteiger partial charge in [-0.05, 0) is 24.1 Å². The van der Waals surface area contributed by atoms with E-state index in [2.05, 4.69) is 5.32 Å². The number of amides is 3. The normalized spacial score (nSPS) is 20.6. The van der Waals surface area contributed by atoms with Gasteiger partial charge in [0.2, 0.25) is 11.8 Å². The largest absolute Gasteiger partial charge is 0.359 e. The number of nitrogens with zero attached hydrogens (tertiary/aromatic N) is 2. The van der Waals surface area contributed by atoms with Crippen molar-refractivity contribution in [3.05, 3.63) is 35.1 Å². The summed E-state index contributed by atoms with van der Waals surface area (Å²) in [6, 6.07) is 4.20. The van der Waals surface area contributed by atoms with Crippen LogP contribution in [0, 0.1) is 11.7 Å². The minimum Gasteiger partial charge on any atom is -0.359 e. The second-order valence-electron chi connectivity index (χ2n) is 6.58. The number of hydrogen-bond donors (Lipinski definition) is 1. The number of carbonyl (C=O) groups is 3. The van der Waals surface area contributed by atoms with E-state index in [4.69, 9.17) is 0 Å². The van der Waals surface area contributed by atoms with Crippen LogP contribution in [0.4, 0.5) is 4.39 Å². The van der Waals surface area contributed by atoms with Crippen LogP contribution in [0.5, 0.6) is 0 Å². The monoisotopic (exact) mass is 347 g/mol. The van der Waals surface area contributed by atoms with Crippen LogP contribution >= 0.6 is 0 Å².